The molecule has 3 aromatic heterocycles. The van der Waals surface area contributed by atoms with Crippen molar-refractivity contribution in [2.24, 2.45) is 7.05 Å². The van der Waals surface area contributed by atoms with Crippen molar-refractivity contribution in [2.75, 3.05) is 31.1 Å². The minimum absolute atomic E-state index is 0.00675. The zero-order valence-electron chi connectivity index (χ0n) is 38.0. The number of aryl methyl sites for hydroxylation is 3. The van der Waals surface area contributed by atoms with E-state index >= 15 is 0 Å². The van der Waals surface area contributed by atoms with Crippen LogP contribution in [0.5, 0.6) is 0 Å². The highest BCUT2D eigenvalue weighted by atomic mass is 19.3. The third-order valence-corrected chi connectivity index (χ3v) is 14.2. The molecule has 0 radical (unpaired) electrons. The van der Waals surface area contributed by atoms with Crippen molar-refractivity contribution in [1.82, 2.24) is 43.8 Å². The zero-order chi connectivity index (χ0) is 46.1. The number of halogens is 2. The smallest absolute Gasteiger partial charge is 0.329 e. The van der Waals surface area contributed by atoms with Gasteiger partial charge in [0.2, 0.25) is 23.6 Å². The first kappa shape index (κ1) is 45.0. The maximum atomic E-state index is 14.7. The molecule has 17 heteroatoms. The highest BCUT2D eigenvalue weighted by Crippen LogP contribution is 2.44. The number of hydrogen-bond acceptors (Lipinski definition) is 8. The van der Waals surface area contributed by atoms with Crippen molar-refractivity contribution in [2.45, 2.75) is 135 Å². The number of imidazole rings is 1. The summed E-state index contributed by atoms with van der Waals surface area (Å²) in [5.74, 6) is 0.169. The molecule has 15 nitrogen and oxygen atoms in total. The number of aromatic nitrogens is 6. The minimum Gasteiger partial charge on any atom is -0.343 e. The molecule has 4 aliphatic rings. The maximum Gasteiger partial charge on any atom is 0.329 e. The van der Waals surface area contributed by atoms with E-state index < -0.39 is 18.4 Å². The number of nitrogens with zero attached hydrogens (tertiary/aromatic N) is 9. The number of anilines is 2. The fraction of sp³-hybridized carbons (Fsp3) is 0.531. The number of piperidine rings is 2. The van der Waals surface area contributed by atoms with Gasteiger partial charge in [0.25, 0.3) is 6.43 Å². The summed E-state index contributed by atoms with van der Waals surface area (Å²) in [6.07, 6.45) is 12.2. The molecule has 2 saturated heterocycles. The largest absolute Gasteiger partial charge is 0.343 e. The molecule has 7 heterocycles. The van der Waals surface area contributed by atoms with Gasteiger partial charge in [-0.25, -0.2) is 13.6 Å². The van der Waals surface area contributed by atoms with E-state index in [4.69, 9.17) is 5.10 Å². The molecular weight excluding hydrogens is 847 g/mol. The Morgan fingerprint density at radius 1 is 0.864 bits per heavy atom. The van der Waals surface area contributed by atoms with Crippen LogP contribution in [0.4, 0.5) is 20.3 Å². The highest BCUT2D eigenvalue weighted by molar-refractivity contribution is 6.00. The number of fused-ring (bicyclic) bond motifs is 3. The monoisotopic (exact) mass is 906 g/mol. The van der Waals surface area contributed by atoms with Gasteiger partial charge in [-0.15, -0.1) is 0 Å². The Labute approximate surface area is 382 Å². The van der Waals surface area contributed by atoms with Gasteiger partial charge >= 0.3 is 5.69 Å². The number of alkyl halides is 2. The van der Waals surface area contributed by atoms with Crippen LogP contribution in [0.3, 0.4) is 0 Å². The molecule has 66 heavy (non-hydrogen) atoms. The van der Waals surface area contributed by atoms with Crippen LogP contribution in [-0.2, 0) is 52.2 Å². The van der Waals surface area contributed by atoms with Crippen LogP contribution in [-0.4, -0.2) is 88.3 Å². The molecule has 0 bridgehead atoms. The van der Waals surface area contributed by atoms with Gasteiger partial charge in [-0.05, 0) is 80.3 Å². The lowest BCUT2D eigenvalue weighted by Gasteiger charge is -2.34. The van der Waals surface area contributed by atoms with E-state index in [1.54, 1.807) is 46.2 Å². The van der Waals surface area contributed by atoms with Gasteiger partial charge in [-0.1, -0.05) is 44.2 Å². The Hall–Kier alpha value is -6.13. The van der Waals surface area contributed by atoms with Gasteiger partial charge in [-0.2, -0.15) is 10.2 Å². The number of imide groups is 1. The number of nitrogens with one attached hydrogen (secondary N) is 1. The SMILES string of the molecule is CC(=O)N1CCc2c(c(N3CCCc4cc(-c5cnn(C)c5)c(C(F)F)cc43)nn2C2CCN(C(=O)CCCCCCCCCn3c(=O)n(C4CCC(=O)NC4=O)c4ccccc43)CC2)C1. The number of amides is 4. The van der Waals surface area contributed by atoms with Gasteiger partial charge in [0.05, 0.1) is 29.8 Å². The van der Waals surface area contributed by atoms with Crippen molar-refractivity contribution in [3.63, 3.8) is 0 Å². The quantitative estimate of drug-likeness (QED) is 0.0850. The Balaban J connectivity index is 0.768. The van der Waals surface area contributed by atoms with E-state index in [0.717, 1.165) is 104 Å². The summed E-state index contributed by atoms with van der Waals surface area (Å²) in [5, 5.41) is 11.9. The minimum atomic E-state index is -2.68. The molecule has 4 aliphatic heterocycles. The van der Waals surface area contributed by atoms with Crippen molar-refractivity contribution in [3.8, 4) is 11.1 Å². The van der Waals surface area contributed by atoms with Crippen LogP contribution in [0.2, 0.25) is 0 Å². The van der Waals surface area contributed by atoms with Crippen molar-refractivity contribution < 1.29 is 28.0 Å². The first-order chi connectivity index (χ1) is 32.0. The third-order valence-electron chi connectivity index (χ3n) is 14.2. The Morgan fingerprint density at radius 2 is 1.61 bits per heavy atom. The van der Waals surface area contributed by atoms with Crippen LogP contribution in [0.25, 0.3) is 22.2 Å². The Bertz CT molecular complexity index is 2690. The molecule has 0 aliphatic carbocycles. The Kier molecular flexibility index (Phi) is 13.2. The second kappa shape index (κ2) is 19.4. The summed E-state index contributed by atoms with van der Waals surface area (Å²) in [6, 6.07) is 10.4. The molecule has 4 amide bonds. The van der Waals surface area contributed by atoms with E-state index in [1.807, 2.05) is 40.1 Å². The average Bonchev–Trinajstić information content (AvgIpc) is 4.00. The summed E-state index contributed by atoms with van der Waals surface area (Å²) in [7, 11) is 1.77. The van der Waals surface area contributed by atoms with Gasteiger partial charge in [-0.3, -0.25) is 43.0 Å². The lowest BCUT2D eigenvalue weighted by Crippen LogP contribution is -2.44. The number of likely N-dealkylation sites (tertiary alicyclic amines) is 1. The second-order valence-electron chi connectivity index (χ2n) is 18.5. The Morgan fingerprint density at radius 3 is 2.32 bits per heavy atom. The molecule has 2 fully saturated rings. The molecule has 9 rings (SSSR count). The van der Waals surface area contributed by atoms with Gasteiger partial charge in [0, 0.05) is 100 Å². The van der Waals surface area contributed by atoms with Gasteiger partial charge in [0.15, 0.2) is 5.82 Å². The first-order valence-corrected chi connectivity index (χ1v) is 23.8. The molecule has 1 N–H and O–H groups in total. The summed E-state index contributed by atoms with van der Waals surface area (Å²) in [4.78, 5) is 69.8. The maximum absolute atomic E-state index is 14.7. The molecule has 5 aromatic rings. The van der Waals surface area contributed by atoms with Crippen LogP contribution in [0, 0.1) is 0 Å². The van der Waals surface area contributed by atoms with E-state index in [1.165, 1.54) is 0 Å². The predicted octanol–water partition coefficient (Wildman–Crippen LogP) is 7.29. The lowest BCUT2D eigenvalue weighted by atomic mass is 9.92. The number of carbonyl (C=O) groups excluding carboxylic acids is 4. The lowest BCUT2D eigenvalue weighted by molar-refractivity contribution is -0.136. The normalized spacial score (nSPS) is 18.0. The van der Waals surface area contributed by atoms with E-state index in [9.17, 15) is 32.8 Å². The second-order valence-corrected chi connectivity index (χ2v) is 18.5. The zero-order valence-corrected chi connectivity index (χ0v) is 38.0. The fourth-order valence-corrected chi connectivity index (χ4v) is 10.7. The van der Waals surface area contributed by atoms with Crippen molar-refractivity contribution in [3.05, 3.63) is 81.7 Å². The molecule has 2 aromatic carbocycles. The van der Waals surface area contributed by atoms with Crippen molar-refractivity contribution >= 4 is 46.2 Å². The van der Waals surface area contributed by atoms with E-state index in [-0.39, 0.29) is 41.4 Å². The number of carbonyl (C=O) groups is 4. The standard InChI is InChI=1S/C49H60F2N10O5/c1-32(62)57-26-21-39-38(31-57)47(58-23-12-13-33-27-36(34-29-52-55(2)30-34)37(46(50)51)28-43(33)58)54-61(39)35-19-24-56(25-20-35)45(64)16-8-6-4-3-5-7-11-22-59-40-14-9-10-15-41(40)60(49(59)66)42-17-18-44(63)53-48(42)65/h9-10,14-15,27-30,35,42,46H,3-8,11-13,16-26,31H2,1-2H3,(H,53,63,65). The first-order valence-electron chi connectivity index (χ1n) is 23.8. The van der Waals surface area contributed by atoms with Crippen molar-refractivity contribution in [1.29, 1.82) is 0 Å². The number of para-hydroxylation sites is 2. The summed E-state index contributed by atoms with van der Waals surface area (Å²) >= 11 is 0. The third kappa shape index (κ3) is 9.04. The molecule has 0 spiro atoms. The van der Waals surface area contributed by atoms with E-state index in [0.29, 0.717) is 75.2 Å². The van der Waals surface area contributed by atoms with E-state index in [2.05, 4.69) is 20.0 Å². The highest BCUT2D eigenvalue weighted by Gasteiger charge is 2.36. The molecule has 1 unspecified atom stereocenters. The number of unbranched alkanes of at least 4 members (excludes halogenated alkanes) is 6. The van der Waals surface area contributed by atoms with Crippen LogP contribution < -0.4 is 15.9 Å². The average molecular weight is 907 g/mol. The predicted molar refractivity (Wildman–Crippen MR) is 245 cm³/mol. The number of rotatable bonds is 15. The summed E-state index contributed by atoms with van der Waals surface area (Å²) in [6.45, 7) is 5.06. The molecular formula is C49H60F2N10O5. The summed E-state index contributed by atoms with van der Waals surface area (Å²) in [5.41, 5.74) is 6.18. The number of hydrogen-bond donors (Lipinski definition) is 1. The molecule has 0 saturated carbocycles. The topological polar surface area (TPSA) is 153 Å². The van der Waals surface area contributed by atoms with Crippen LogP contribution in [0.15, 0.2) is 53.6 Å². The molecule has 350 valence electrons. The number of benzene rings is 2. The van der Waals surface area contributed by atoms with Crippen LogP contribution >= 0.6 is 0 Å². The van der Waals surface area contributed by atoms with Gasteiger partial charge < -0.3 is 14.7 Å². The van der Waals surface area contributed by atoms with Gasteiger partial charge in [0.1, 0.15) is 6.04 Å². The fourth-order valence-electron chi connectivity index (χ4n) is 10.7. The van der Waals surface area contributed by atoms with Crippen LogP contribution in [0.1, 0.15) is 131 Å². The molecule has 1 atom stereocenters. The summed E-state index contributed by atoms with van der Waals surface area (Å²) < 4.78 is 36.5.